The van der Waals surface area contributed by atoms with Gasteiger partial charge in [-0.3, -0.25) is 4.79 Å². The fraction of sp³-hybridized carbons (Fsp3) is 0.222. The van der Waals surface area contributed by atoms with E-state index in [-0.39, 0.29) is 23.0 Å². The van der Waals surface area contributed by atoms with Gasteiger partial charge in [0, 0.05) is 10.6 Å². The van der Waals surface area contributed by atoms with Gasteiger partial charge in [0.1, 0.15) is 0 Å². The summed E-state index contributed by atoms with van der Waals surface area (Å²) in [5.74, 6) is -0.891. The number of benzene rings is 2. The molecule has 23 heavy (non-hydrogen) atoms. The summed E-state index contributed by atoms with van der Waals surface area (Å²) in [6, 6.07) is 10.2. The van der Waals surface area contributed by atoms with Crippen LogP contribution in [0.1, 0.15) is 38.3 Å². The summed E-state index contributed by atoms with van der Waals surface area (Å²) < 4.78 is 5.07. The first-order valence-electron chi connectivity index (χ1n) is 7.32. The van der Waals surface area contributed by atoms with Crippen molar-refractivity contribution in [3.8, 4) is 0 Å². The molecule has 0 unspecified atom stereocenters. The third kappa shape index (κ3) is 3.57. The zero-order chi connectivity index (χ0) is 16.4. The van der Waals surface area contributed by atoms with Gasteiger partial charge >= 0.3 is 5.97 Å². The van der Waals surface area contributed by atoms with Gasteiger partial charge in [0.15, 0.2) is 12.4 Å². The van der Waals surface area contributed by atoms with Crippen molar-refractivity contribution in [1.29, 1.82) is 0 Å². The number of hydrogen-bond donors (Lipinski definition) is 0. The van der Waals surface area contributed by atoms with E-state index in [1.807, 2.05) is 12.1 Å². The molecule has 0 heterocycles. The van der Waals surface area contributed by atoms with Gasteiger partial charge in [-0.15, -0.1) is 0 Å². The number of fused-ring (bicyclic) bond motifs is 1. The monoisotopic (exact) mass is 348 g/mol. The molecule has 0 spiro atoms. The number of carbonyl (C=O) groups is 2. The highest BCUT2D eigenvalue weighted by Crippen LogP contribution is 2.24. The van der Waals surface area contributed by atoms with Crippen molar-refractivity contribution in [1.82, 2.24) is 0 Å². The van der Waals surface area contributed by atoms with E-state index in [1.165, 1.54) is 23.3 Å². The molecular formula is C18H14Cl2O3. The van der Waals surface area contributed by atoms with Crippen LogP contribution in [0.15, 0.2) is 36.4 Å². The van der Waals surface area contributed by atoms with E-state index in [9.17, 15) is 9.59 Å². The fourth-order valence-electron chi connectivity index (χ4n) is 2.69. The zero-order valence-electron chi connectivity index (χ0n) is 12.3. The SMILES string of the molecule is O=C(COC(=O)c1cc(Cl)ccc1Cl)c1ccc2c(c1)CCC2. The van der Waals surface area contributed by atoms with E-state index in [0.29, 0.717) is 10.6 Å². The third-order valence-electron chi connectivity index (χ3n) is 3.90. The molecular weight excluding hydrogens is 335 g/mol. The number of Topliss-reactive ketones (excluding diaryl/α,β-unsaturated/α-hetero) is 1. The highest BCUT2D eigenvalue weighted by atomic mass is 35.5. The maximum Gasteiger partial charge on any atom is 0.340 e. The molecule has 0 aromatic heterocycles. The molecule has 0 radical (unpaired) electrons. The number of ketones is 1. The average Bonchev–Trinajstić information content (AvgIpc) is 3.02. The Bertz CT molecular complexity index is 784. The Balaban J connectivity index is 1.67. The molecule has 0 bridgehead atoms. The molecule has 3 nitrogen and oxygen atoms in total. The van der Waals surface area contributed by atoms with E-state index >= 15 is 0 Å². The van der Waals surface area contributed by atoms with Gasteiger partial charge in [0.05, 0.1) is 10.6 Å². The Morgan fingerprint density at radius 3 is 2.61 bits per heavy atom. The molecule has 2 aromatic rings. The minimum absolute atomic E-state index is 0.154. The van der Waals surface area contributed by atoms with Crippen LogP contribution in [0.5, 0.6) is 0 Å². The Morgan fingerprint density at radius 2 is 1.78 bits per heavy atom. The van der Waals surface area contributed by atoms with Crippen LogP contribution in [0.3, 0.4) is 0 Å². The molecule has 1 aliphatic rings. The fourth-order valence-corrected chi connectivity index (χ4v) is 3.06. The van der Waals surface area contributed by atoms with Crippen LogP contribution in [0.2, 0.25) is 10.0 Å². The highest BCUT2D eigenvalue weighted by molar-refractivity contribution is 6.35. The molecule has 5 heteroatoms. The minimum Gasteiger partial charge on any atom is -0.454 e. The Labute approximate surface area is 144 Å². The lowest BCUT2D eigenvalue weighted by Crippen LogP contribution is -2.15. The van der Waals surface area contributed by atoms with Gasteiger partial charge in [-0.25, -0.2) is 4.79 Å². The molecule has 118 valence electrons. The molecule has 0 N–H and O–H groups in total. The summed E-state index contributed by atoms with van der Waals surface area (Å²) >= 11 is 11.8. The summed E-state index contributed by atoms with van der Waals surface area (Å²) in [4.78, 5) is 24.2. The lowest BCUT2D eigenvalue weighted by molar-refractivity contribution is 0.0475. The number of hydrogen-bond acceptors (Lipinski definition) is 3. The van der Waals surface area contributed by atoms with Gasteiger partial charge < -0.3 is 4.74 Å². The summed E-state index contributed by atoms with van der Waals surface area (Å²) in [6.07, 6.45) is 3.18. The van der Waals surface area contributed by atoms with Gasteiger partial charge in [0.25, 0.3) is 0 Å². The van der Waals surface area contributed by atoms with E-state index in [0.717, 1.165) is 19.3 Å². The summed E-state index contributed by atoms with van der Waals surface area (Å²) in [5.41, 5.74) is 3.22. The van der Waals surface area contributed by atoms with Crippen molar-refractivity contribution in [2.24, 2.45) is 0 Å². The standard InChI is InChI=1S/C18H14Cl2O3/c19-14-6-7-16(20)15(9-14)18(22)23-10-17(21)13-5-4-11-2-1-3-12(11)8-13/h4-9H,1-3,10H2. The van der Waals surface area contributed by atoms with E-state index in [1.54, 1.807) is 12.1 Å². The first-order valence-corrected chi connectivity index (χ1v) is 8.07. The smallest absolute Gasteiger partial charge is 0.340 e. The summed E-state index contributed by atoms with van der Waals surface area (Å²) in [6.45, 7) is -0.319. The predicted octanol–water partition coefficient (Wildman–Crippen LogP) is 4.52. The molecule has 0 amide bonds. The Kier molecular flexibility index (Phi) is 4.69. The summed E-state index contributed by atoms with van der Waals surface area (Å²) in [5, 5.41) is 0.621. The van der Waals surface area contributed by atoms with Gasteiger partial charge in [0.2, 0.25) is 0 Å². The van der Waals surface area contributed by atoms with Gasteiger partial charge in [-0.1, -0.05) is 35.3 Å². The molecule has 0 saturated carbocycles. The second-order valence-electron chi connectivity index (χ2n) is 5.46. The van der Waals surface area contributed by atoms with Crippen molar-refractivity contribution < 1.29 is 14.3 Å². The number of halogens is 2. The number of esters is 1. The largest absolute Gasteiger partial charge is 0.454 e. The molecule has 1 aliphatic carbocycles. The van der Waals surface area contributed by atoms with Crippen LogP contribution in [0, 0.1) is 0 Å². The van der Waals surface area contributed by atoms with Crippen molar-refractivity contribution >= 4 is 35.0 Å². The van der Waals surface area contributed by atoms with E-state index in [4.69, 9.17) is 27.9 Å². The Hall–Kier alpha value is -1.84. The lowest BCUT2D eigenvalue weighted by atomic mass is 10.0. The first kappa shape index (κ1) is 16.0. The predicted molar refractivity (Wildman–Crippen MR) is 89.5 cm³/mol. The summed E-state index contributed by atoms with van der Waals surface area (Å²) in [7, 11) is 0. The number of rotatable bonds is 4. The van der Waals surface area contributed by atoms with E-state index < -0.39 is 5.97 Å². The number of ether oxygens (including phenoxy) is 1. The van der Waals surface area contributed by atoms with Crippen molar-refractivity contribution in [2.75, 3.05) is 6.61 Å². The second kappa shape index (κ2) is 6.73. The van der Waals surface area contributed by atoms with Crippen LogP contribution in [-0.2, 0) is 17.6 Å². The molecule has 0 saturated heterocycles. The van der Waals surface area contributed by atoms with Crippen LogP contribution < -0.4 is 0 Å². The topological polar surface area (TPSA) is 43.4 Å². The van der Waals surface area contributed by atoms with Crippen molar-refractivity contribution in [3.05, 3.63) is 68.7 Å². The molecule has 3 rings (SSSR count). The zero-order valence-corrected chi connectivity index (χ0v) is 13.8. The maximum atomic E-state index is 12.2. The lowest BCUT2D eigenvalue weighted by Gasteiger charge is -2.07. The van der Waals surface area contributed by atoms with Gasteiger partial charge in [-0.05, 0) is 54.7 Å². The van der Waals surface area contributed by atoms with Crippen LogP contribution >= 0.6 is 23.2 Å². The second-order valence-corrected chi connectivity index (χ2v) is 6.30. The Morgan fingerprint density at radius 1 is 1.00 bits per heavy atom. The molecule has 0 fully saturated rings. The number of carbonyl (C=O) groups excluding carboxylic acids is 2. The minimum atomic E-state index is -0.660. The molecule has 0 aliphatic heterocycles. The van der Waals surface area contributed by atoms with Gasteiger partial charge in [-0.2, -0.15) is 0 Å². The van der Waals surface area contributed by atoms with Crippen LogP contribution in [0.25, 0.3) is 0 Å². The maximum absolute atomic E-state index is 12.2. The van der Waals surface area contributed by atoms with E-state index in [2.05, 4.69) is 0 Å². The number of aryl methyl sites for hydroxylation is 2. The molecule has 2 aromatic carbocycles. The molecule has 0 atom stereocenters. The normalized spacial score (nSPS) is 12.8. The first-order chi connectivity index (χ1) is 11.0. The average molecular weight is 349 g/mol. The van der Waals surface area contributed by atoms with Crippen LogP contribution in [0.4, 0.5) is 0 Å². The van der Waals surface area contributed by atoms with Crippen LogP contribution in [-0.4, -0.2) is 18.4 Å². The third-order valence-corrected chi connectivity index (χ3v) is 4.47. The van der Waals surface area contributed by atoms with Crippen molar-refractivity contribution in [2.45, 2.75) is 19.3 Å². The quantitative estimate of drug-likeness (QED) is 0.602. The van der Waals surface area contributed by atoms with Crippen molar-refractivity contribution in [3.63, 3.8) is 0 Å². The highest BCUT2D eigenvalue weighted by Gasteiger charge is 2.17.